The molecule has 1 aromatic carbocycles. The number of ether oxygens (including phenoxy) is 2. The fraction of sp³-hybridized carbons (Fsp3) is 0.632. The molecule has 1 aliphatic heterocycles. The first-order chi connectivity index (χ1) is 12.2. The number of nitrogens with one attached hydrogen (secondary N) is 2. The van der Waals surface area contributed by atoms with E-state index in [2.05, 4.69) is 29.4 Å². The molecular formula is C19H31N3O3. The largest absolute Gasteiger partial charge is 0.493 e. The van der Waals surface area contributed by atoms with Crippen LogP contribution in [0.25, 0.3) is 0 Å². The van der Waals surface area contributed by atoms with E-state index in [0.29, 0.717) is 18.1 Å². The molecule has 1 saturated heterocycles. The van der Waals surface area contributed by atoms with Crippen LogP contribution in [-0.4, -0.2) is 57.2 Å². The van der Waals surface area contributed by atoms with E-state index in [1.54, 1.807) is 7.11 Å². The predicted molar refractivity (Wildman–Crippen MR) is 101 cm³/mol. The van der Waals surface area contributed by atoms with Crippen LogP contribution in [0, 0.1) is 5.92 Å². The van der Waals surface area contributed by atoms with Gasteiger partial charge in [-0.2, -0.15) is 0 Å². The number of benzene rings is 1. The standard InChI is InChI=1S/C19H31N3O3/c1-4-22(5-2)11-12-25-18-13-16(8-9-17(18)24-3)21-19(23)15-7-6-10-20-14-15/h8-9,13,15,20H,4-7,10-12,14H2,1-3H3,(H,21,23). The number of piperidine rings is 1. The molecule has 0 aromatic heterocycles. The van der Waals surface area contributed by atoms with Crippen LogP contribution in [0.5, 0.6) is 11.5 Å². The van der Waals surface area contributed by atoms with Gasteiger partial charge in [0.2, 0.25) is 5.91 Å². The van der Waals surface area contributed by atoms with Gasteiger partial charge in [0.05, 0.1) is 13.0 Å². The highest BCUT2D eigenvalue weighted by Gasteiger charge is 2.21. The van der Waals surface area contributed by atoms with Crippen molar-refractivity contribution in [3.8, 4) is 11.5 Å². The summed E-state index contributed by atoms with van der Waals surface area (Å²) < 4.78 is 11.3. The highest BCUT2D eigenvalue weighted by molar-refractivity contribution is 5.93. The number of hydrogen-bond donors (Lipinski definition) is 2. The van der Waals surface area contributed by atoms with E-state index in [4.69, 9.17) is 9.47 Å². The van der Waals surface area contributed by atoms with Crippen molar-refractivity contribution in [2.24, 2.45) is 5.92 Å². The summed E-state index contributed by atoms with van der Waals surface area (Å²) in [6, 6.07) is 5.53. The lowest BCUT2D eigenvalue weighted by Crippen LogP contribution is -2.37. The van der Waals surface area contributed by atoms with Crippen LogP contribution in [-0.2, 0) is 4.79 Å². The molecule has 2 rings (SSSR count). The number of rotatable bonds is 9. The van der Waals surface area contributed by atoms with Gasteiger partial charge in [-0.1, -0.05) is 13.8 Å². The van der Waals surface area contributed by atoms with Crippen LogP contribution in [0.4, 0.5) is 5.69 Å². The lowest BCUT2D eigenvalue weighted by atomic mass is 9.99. The van der Waals surface area contributed by atoms with Gasteiger partial charge in [-0.25, -0.2) is 0 Å². The Balaban J connectivity index is 1.96. The number of methoxy groups -OCH3 is 1. The van der Waals surface area contributed by atoms with Gasteiger partial charge in [-0.05, 0) is 44.6 Å². The quantitative estimate of drug-likeness (QED) is 0.717. The van der Waals surface area contributed by atoms with Gasteiger partial charge in [0.1, 0.15) is 6.61 Å². The molecule has 0 spiro atoms. The van der Waals surface area contributed by atoms with Gasteiger partial charge in [0.25, 0.3) is 0 Å². The topological polar surface area (TPSA) is 62.8 Å². The number of carbonyl (C=O) groups is 1. The second-order valence-corrected chi connectivity index (χ2v) is 6.27. The van der Waals surface area contributed by atoms with Gasteiger partial charge in [0, 0.05) is 24.8 Å². The summed E-state index contributed by atoms with van der Waals surface area (Å²) in [7, 11) is 1.62. The Labute approximate surface area is 150 Å². The Bertz CT molecular complexity index is 541. The molecule has 2 N–H and O–H groups in total. The molecule has 1 heterocycles. The van der Waals surface area contributed by atoms with Gasteiger partial charge >= 0.3 is 0 Å². The average molecular weight is 349 g/mol. The van der Waals surface area contributed by atoms with Crippen LogP contribution in [0.3, 0.4) is 0 Å². The minimum absolute atomic E-state index is 0.0305. The van der Waals surface area contributed by atoms with Crippen LogP contribution in [0.1, 0.15) is 26.7 Å². The Hall–Kier alpha value is -1.79. The Kier molecular flexibility index (Phi) is 8.01. The maximum Gasteiger partial charge on any atom is 0.228 e. The Morgan fingerprint density at radius 1 is 1.32 bits per heavy atom. The second-order valence-electron chi connectivity index (χ2n) is 6.27. The zero-order chi connectivity index (χ0) is 18.1. The van der Waals surface area contributed by atoms with E-state index < -0.39 is 0 Å². The zero-order valence-electron chi connectivity index (χ0n) is 15.6. The van der Waals surface area contributed by atoms with Crippen LogP contribution < -0.4 is 20.1 Å². The van der Waals surface area contributed by atoms with Crippen LogP contribution in [0.15, 0.2) is 18.2 Å². The van der Waals surface area contributed by atoms with Crippen molar-refractivity contribution in [1.29, 1.82) is 0 Å². The Morgan fingerprint density at radius 3 is 2.76 bits per heavy atom. The third-order valence-electron chi connectivity index (χ3n) is 4.66. The molecule has 0 aliphatic carbocycles. The number of hydrogen-bond acceptors (Lipinski definition) is 5. The summed E-state index contributed by atoms with van der Waals surface area (Å²) in [4.78, 5) is 14.7. The van der Waals surface area contributed by atoms with E-state index in [0.717, 1.165) is 51.3 Å². The van der Waals surface area contributed by atoms with Crippen molar-refractivity contribution >= 4 is 11.6 Å². The maximum absolute atomic E-state index is 12.4. The molecule has 140 valence electrons. The first-order valence-electron chi connectivity index (χ1n) is 9.22. The SMILES string of the molecule is CCN(CC)CCOc1cc(NC(=O)C2CCCNC2)ccc1OC. The van der Waals surface area contributed by atoms with E-state index in [1.165, 1.54) is 0 Å². The number of amides is 1. The van der Waals surface area contributed by atoms with Crippen molar-refractivity contribution in [3.63, 3.8) is 0 Å². The zero-order valence-corrected chi connectivity index (χ0v) is 15.6. The van der Waals surface area contributed by atoms with Gasteiger partial charge in [-0.15, -0.1) is 0 Å². The van der Waals surface area contributed by atoms with Crippen molar-refractivity contribution in [2.75, 3.05) is 51.8 Å². The van der Waals surface area contributed by atoms with E-state index >= 15 is 0 Å². The summed E-state index contributed by atoms with van der Waals surface area (Å²) in [5, 5.41) is 6.27. The van der Waals surface area contributed by atoms with Crippen molar-refractivity contribution < 1.29 is 14.3 Å². The van der Waals surface area contributed by atoms with Gasteiger partial charge in [-0.3, -0.25) is 4.79 Å². The van der Waals surface area contributed by atoms with Crippen molar-refractivity contribution in [1.82, 2.24) is 10.2 Å². The van der Waals surface area contributed by atoms with E-state index in [9.17, 15) is 4.79 Å². The molecule has 6 heteroatoms. The second kappa shape index (κ2) is 10.3. The fourth-order valence-corrected chi connectivity index (χ4v) is 3.01. The monoisotopic (exact) mass is 349 g/mol. The summed E-state index contributed by atoms with van der Waals surface area (Å²) >= 11 is 0. The third kappa shape index (κ3) is 5.90. The minimum atomic E-state index is 0.0305. The lowest BCUT2D eigenvalue weighted by molar-refractivity contribution is -0.120. The molecule has 1 aliphatic rings. The van der Waals surface area contributed by atoms with Crippen molar-refractivity contribution in [2.45, 2.75) is 26.7 Å². The van der Waals surface area contributed by atoms with Crippen LogP contribution in [0.2, 0.25) is 0 Å². The molecule has 0 saturated carbocycles. The number of carbonyl (C=O) groups excluding carboxylic acids is 1. The summed E-state index contributed by atoms with van der Waals surface area (Å²) in [6.45, 7) is 9.47. The smallest absolute Gasteiger partial charge is 0.228 e. The highest BCUT2D eigenvalue weighted by atomic mass is 16.5. The van der Waals surface area contributed by atoms with Crippen molar-refractivity contribution in [3.05, 3.63) is 18.2 Å². The molecule has 0 radical (unpaired) electrons. The number of likely N-dealkylation sites (N-methyl/N-ethyl adjacent to an activating group) is 1. The molecule has 1 amide bonds. The molecule has 1 atom stereocenters. The molecular weight excluding hydrogens is 318 g/mol. The van der Waals surface area contributed by atoms with Gasteiger partial charge < -0.3 is 25.0 Å². The molecule has 25 heavy (non-hydrogen) atoms. The molecule has 1 fully saturated rings. The average Bonchev–Trinajstić information content (AvgIpc) is 2.66. The maximum atomic E-state index is 12.4. The first kappa shape index (κ1) is 19.5. The predicted octanol–water partition coefficient (Wildman–Crippen LogP) is 2.35. The third-order valence-corrected chi connectivity index (χ3v) is 4.66. The van der Waals surface area contributed by atoms with E-state index in [1.807, 2.05) is 18.2 Å². The first-order valence-corrected chi connectivity index (χ1v) is 9.22. The van der Waals surface area contributed by atoms with Gasteiger partial charge in [0.15, 0.2) is 11.5 Å². The minimum Gasteiger partial charge on any atom is -0.493 e. The lowest BCUT2D eigenvalue weighted by Gasteiger charge is -2.22. The van der Waals surface area contributed by atoms with E-state index in [-0.39, 0.29) is 11.8 Å². The summed E-state index contributed by atoms with van der Waals surface area (Å²) in [5.41, 5.74) is 0.745. The summed E-state index contributed by atoms with van der Waals surface area (Å²) in [6.07, 6.45) is 1.97. The number of anilines is 1. The molecule has 0 bridgehead atoms. The van der Waals surface area contributed by atoms with Crippen LogP contribution >= 0.6 is 0 Å². The molecule has 6 nitrogen and oxygen atoms in total. The molecule has 1 aromatic rings. The highest BCUT2D eigenvalue weighted by Crippen LogP contribution is 2.30. The Morgan fingerprint density at radius 2 is 2.12 bits per heavy atom. The molecule has 1 unspecified atom stereocenters. The normalized spacial score (nSPS) is 17.4. The fourth-order valence-electron chi connectivity index (χ4n) is 3.01. The number of nitrogens with zero attached hydrogens (tertiary/aromatic N) is 1. The summed E-state index contributed by atoms with van der Waals surface area (Å²) in [5.74, 6) is 1.43.